The van der Waals surface area contributed by atoms with Crippen LogP contribution in [0.1, 0.15) is 18.4 Å². The molecule has 7 nitrogen and oxygen atoms in total. The maximum absolute atomic E-state index is 12.5. The number of fused-ring (bicyclic) bond motifs is 1. The van der Waals surface area contributed by atoms with Gasteiger partial charge in [-0.15, -0.1) is 0 Å². The maximum Gasteiger partial charge on any atom is 0.224 e. The van der Waals surface area contributed by atoms with Gasteiger partial charge in [0, 0.05) is 13.0 Å². The third-order valence-electron chi connectivity index (χ3n) is 4.87. The Labute approximate surface area is 152 Å². The van der Waals surface area contributed by atoms with Gasteiger partial charge in [-0.25, -0.2) is 10.5 Å². The number of carbonyl (C=O) groups is 1. The fourth-order valence-electron chi connectivity index (χ4n) is 3.53. The predicted octanol–water partition coefficient (Wildman–Crippen LogP) is 1.82. The van der Waals surface area contributed by atoms with Crippen LogP contribution in [0.5, 0.6) is 11.5 Å². The van der Waals surface area contributed by atoms with Gasteiger partial charge in [-0.2, -0.15) is 5.10 Å². The van der Waals surface area contributed by atoms with E-state index in [0.717, 1.165) is 17.7 Å². The molecule has 2 atom stereocenters. The first kappa shape index (κ1) is 16.7. The van der Waals surface area contributed by atoms with Gasteiger partial charge in [0.1, 0.15) is 6.17 Å². The number of allylic oxidation sites excluding steroid dienone is 2. The molecule has 0 radical (unpaired) electrons. The number of hydrogen-bond acceptors (Lipinski definition) is 6. The second-order valence-electron chi connectivity index (χ2n) is 6.45. The second-order valence-corrected chi connectivity index (χ2v) is 6.45. The van der Waals surface area contributed by atoms with Crippen LogP contribution in [0.15, 0.2) is 47.6 Å². The van der Waals surface area contributed by atoms with Gasteiger partial charge in [0.05, 0.1) is 26.0 Å². The molecule has 136 valence electrons. The van der Waals surface area contributed by atoms with Crippen LogP contribution in [0.4, 0.5) is 0 Å². The van der Waals surface area contributed by atoms with E-state index < -0.39 is 0 Å². The molecule has 0 aromatic heterocycles. The summed E-state index contributed by atoms with van der Waals surface area (Å²) < 4.78 is 10.7. The summed E-state index contributed by atoms with van der Waals surface area (Å²) in [5, 5.41) is 6.47. The zero-order chi connectivity index (χ0) is 18.1. The number of benzene rings is 1. The van der Waals surface area contributed by atoms with Gasteiger partial charge in [0.25, 0.3) is 0 Å². The van der Waals surface area contributed by atoms with Gasteiger partial charge < -0.3 is 14.4 Å². The summed E-state index contributed by atoms with van der Waals surface area (Å²) in [4.78, 5) is 14.3. The molecule has 4 rings (SSSR count). The molecule has 0 bridgehead atoms. The minimum atomic E-state index is -0.101. The number of amides is 1. The average Bonchev–Trinajstić information content (AvgIpc) is 3.25. The van der Waals surface area contributed by atoms with Crippen molar-refractivity contribution in [3.05, 3.63) is 48.1 Å². The highest BCUT2D eigenvalue weighted by Crippen LogP contribution is 2.31. The van der Waals surface area contributed by atoms with Crippen LogP contribution in [0.2, 0.25) is 0 Å². The van der Waals surface area contributed by atoms with E-state index in [4.69, 9.17) is 9.47 Å². The third kappa shape index (κ3) is 2.94. The van der Waals surface area contributed by atoms with E-state index >= 15 is 0 Å². The van der Waals surface area contributed by atoms with Gasteiger partial charge in [-0.1, -0.05) is 24.3 Å². The molecule has 1 aliphatic carbocycles. The standard InChI is InChI=1S/C19H22N4O3/c1-25-16-8-7-13(11-17(16)26-2)12-22-18(9-10-19(22)24)23-20-14-5-3-4-6-15(14)21-23/h3-8,11,14,18,20H,9-10,12H2,1-2H3. The van der Waals surface area contributed by atoms with Crippen LogP contribution < -0.4 is 14.9 Å². The number of methoxy groups -OCH3 is 2. The number of carbonyl (C=O) groups excluding carboxylic acids is 1. The summed E-state index contributed by atoms with van der Waals surface area (Å²) in [7, 11) is 3.22. The molecule has 1 fully saturated rings. The van der Waals surface area contributed by atoms with Crippen LogP contribution in [-0.2, 0) is 11.3 Å². The van der Waals surface area contributed by atoms with Crippen molar-refractivity contribution in [1.29, 1.82) is 0 Å². The lowest BCUT2D eigenvalue weighted by Gasteiger charge is -2.31. The molecule has 0 saturated carbocycles. The fraction of sp³-hybridized carbons (Fsp3) is 0.368. The second kappa shape index (κ2) is 6.84. The Morgan fingerprint density at radius 2 is 2.08 bits per heavy atom. The quantitative estimate of drug-likeness (QED) is 0.874. The number of hydrogen-bond donors (Lipinski definition) is 1. The summed E-state index contributed by atoms with van der Waals surface area (Å²) >= 11 is 0. The van der Waals surface area contributed by atoms with E-state index in [1.807, 2.05) is 46.4 Å². The van der Waals surface area contributed by atoms with Crippen molar-refractivity contribution in [1.82, 2.24) is 15.4 Å². The molecule has 2 aliphatic heterocycles. The van der Waals surface area contributed by atoms with Gasteiger partial charge in [0.2, 0.25) is 5.91 Å². The Morgan fingerprint density at radius 3 is 2.85 bits per heavy atom. The average molecular weight is 354 g/mol. The normalized spacial score (nSPS) is 24.1. The first-order valence-corrected chi connectivity index (χ1v) is 8.69. The summed E-state index contributed by atoms with van der Waals surface area (Å²) in [6, 6.07) is 5.82. The van der Waals surface area contributed by atoms with Gasteiger partial charge >= 0.3 is 0 Å². The number of nitrogens with one attached hydrogen (secondary N) is 1. The number of hydrazine groups is 1. The van der Waals surface area contributed by atoms with E-state index in [1.165, 1.54) is 0 Å². The summed E-state index contributed by atoms with van der Waals surface area (Å²) in [6.45, 7) is 0.503. The SMILES string of the molecule is COc1ccc(CN2C(=O)CCC2N2N=C3C=CC=CC3N2)cc1OC. The Morgan fingerprint density at radius 1 is 1.23 bits per heavy atom. The van der Waals surface area contributed by atoms with E-state index in [9.17, 15) is 4.79 Å². The lowest BCUT2D eigenvalue weighted by Crippen LogP contribution is -2.49. The molecular weight excluding hydrogens is 332 g/mol. The molecule has 3 aliphatic rings. The van der Waals surface area contributed by atoms with Crippen molar-refractivity contribution in [2.24, 2.45) is 5.10 Å². The van der Waals surface area contributed by atoms with Crippen molar-refractivity contribution in [2.45, 2.75) is 31.6 Å². The van der Waals surface area contributed by atoms with Crippen molar-refractivity contribution < 1.29 is 14.3 Å². The van der Waals surface area contributed by atoms with Gasteiger partial charge in [-0.05, 0) is 30.2 Å². The topological polar surface area (TPSA) is 66.4 Å². The molecule has 1 N–H and O–H groups in total. The highest BCUT2D eigenvalue weighted by atomic mass is 16.5. The first-order valence-electron chi connectivity index (χ1n) is 8.69. The van der Waals surface area contributed by atoms with Gasteiger partial charge in [0.15, 0.2) is 11.5 Å². The number of likely N-dealkylation sites (tertiary alicyclic amines) is 1. The monoisotopic (exact) mass is 354 g/mol. The fourth-order valence-corrected chi connectivity index (χ4v) is 3.53. The largest absolute Gasteiger partial charge is 0.493 e. The van der Waals surface area contributed by atoms with Crippen molar-refractivity contribution in [3.8, 4) is 11.5 Å². The highest BCUT2D eigenvalue weighted by Gasteiger charge is 2.38. The van der Waals surface area contributed by atoms with Crippen molar-refractivity contribution in [2.75, 3.05) is 14.2 Å². The number of hydrazone groups is 1. The lowest BCUT2D eigenvalue weighted by atomic mass is 10.1. The van der Waals surface area contributed by atoms with Crippen LogP contribution >= 0.6 is 0 Å². The zero-order valence-corrected chi connectivity index (χ0v) is 14.9. The summed E-state index contributed by atoms with van der Waals surface area (Å²) in [5.74, 6) is 1.47. The summed E-state index contributed by atoms with van der Waals surface area (Å²) in [6.07, 6.45) is 9.20. The van der Waals surface area contributed by atoms with Crippen molar-refractivity contribution >= 4 is 11.6 Å². The van der Waals surface area contributed by atoms with E-state index in [2.05, 4.69) is 16.6 Å². The number of ether oxygens (including phenoxy) is 2. The Balaban J connectivity index is 1.53. The summed E-state index contributed by atoms with van der Waals surface area (Å²) in [5.41, 5.74) is 5.33. The molecule has 2 unspecified atom stereocenters. The molecule has 1 saturated heterocycles. The highest BCUT2D eigenvalue weighted by molar-refractivity contribution is 6.02. The molecular formula is C19H22N4O3. The van der Waals surface area contributed by atoms with Gasteiger partial charge in [-0.3, -0.25) is 4.79 Å². The van der Waals surface area contributed by atoms with Crippen LogP contribution in [0, 0.1) is 0 Å². The third-order valence-corrected chi connectivity index (χ3v) is 4.87. The number of nitrogens with zero attached hydrogens (tertiary/aromatic N) is 3. The molecule has 1 aromatic carbocycles. The van der Waals surface area contributed by atoms with E-state index in [0.29, 0.717) is 24.5 Å². The molecule has 0 spiro atoms. The van der Waals surface area contributed by atoms with Crippen molar-refractivity contribution in [3.63, 3.8) is 0 Å². The molecule has 26 heavy (non-hydrogen) atoms. The van der Waals surface area contributed by atoms with Crippen LogP contribution in [0.3, 0.4) is 0 Å². The van der Waals surface area contributed by atoms with Crippen LogP contribution in [0.25, 0.3) is 0 Å². The first-order chi connectivity index (χ1) is 12.7. The minimum Gasteiger partial charge on any atom is -0.493 e. The predicted molar refractivity (Wildman–Crippen MR) is 97.6 cm³/mol. The smallest absolute Gasteiger partial charge is 0.224 e. The molecule has 2 heterocycles. The Hall–Kier alpha value is -2.80. The Kier molecular flexibility index (Phi) is 4.38. The van der Waals surface area contributed by atoms with E-state index in [-0.39, 0.29) is 18.1 Å². The van der Waals surface area contributed by atoms with E-state index in [1.54, 1.807) is 14.2 Å². The molecule has 7 heteroatoms. The Bertz CT molecular complexity index is 802. The molecule has 1 aromatic rings. The molecule has 1 amide bonds. The zero-order valence-electron chi connectivity index (χ0n) is 14.9. The number of rotatable bonds is 5. The minimum absolute atomic E-state index is 0.0821. The maximum atomic E-state index is 12.5. The lowest BCUT2D eigenvalue weighted by molar-refractivity contribution is -0.132. The van der Waals surface area contributed by atoms with Crippen LogP contribution in [-0.4, -0.2) is 48.1 Å².